The van der Waals surface area contributed by atoms with Crippen LogP contribution in [0.25, 0.3) is 11.5 Å². The van der Waals surface area contributed by atoms with Gasteiger partial charge in [0.05, 0.1) is 4.92 Å². The summed E-state index contributed by atoms with van der Waals surface area (Å²) in [5.41, 5.74) is 7.05. The molecule has 19 heavy (non-hydrogen) atoms. The molecule has 1 atom stereocenters. The van der Waals surface area contributed by atoms with Crippen LogP contribution in [0.4, 0.5) is 5.69 Å². The lowest BCUT2D eigenvalue weighted by atomic mass is 10.1. The lowest BCUT2D eigenvalue weighted by Gasteiger charge is -2.00. The van der Waals surface area contributed by atoms with Crippen molar-refractivity contribution < 1.29 is 9.45 Å². The minimum absolute atomic E-state index is 0.00690. The van der Waals surface area contributed by atoms with Gasteiger partial charge in [-0.05, 0) is 19.4 Å². The van der Waals surface area contributed by atoms with Gasteiger partial charge >= 0.3 is 0 Å². The summed E-state index contributed by atoms with van der Waals surface area (Å²) in [4.78, 5) is 14.5. The molecule has 0 aliphatic carbocycles. The second-order valence-electron chi connectivity index (χ2n) is 4.45. The van der Waals surface area contributed by atoms with Crippen molar-refractivity contribution in [3.63, 3.8) is 0 Å². The second-order valence-corrected chi connectivity index (χ2v) is 4.45. The van der Waals surface area contributed by atoms with Gasteiger partial charge in [-0.15, -0.1) is 0 Å². The molecule has 0 bridgehead atoms. The molecular formula is C12H14N4O3. The van der Waals surface area contributed by atoms with Crippen LogP contribution in [-0.4, -0.2) is 21.1 Å². The molecule has 1 heterocycles. The van der Waals surface area contributed by atoms with Crippen molar-refractivity contribution in [2.45, 2.75) is 26.3 Å². The number of nitro groups is 1. The first-order valence-corrected chi connectivity index (χ1v) is 5.81. The van der Waals surface area contributed by atoms with E-state index in [2.05, 4.69) is 10.1 Å². The number of nitro benzene ring substituents is 1. The summed E-state index contributed by atoms with van der Waals surface area (Å²) in [6, 6.07) is 4.45. The van der Waals surface area contributed by atoms with Gasteiger partial charge in [-0.1, -0.05) is 11.2 Å². The Morgan fingerprint density at radius 1 is 1.53 bits per heavy atom. The maximum absolute atomic E-state index is 10.8. The van der Waals surface area contributed by atoms with Crippen molar-refractivity contribution >= 4 is 5.69 Å². The summed E-state index contributed by atoms with van der Waals surface area (Å²) in [5, 5.41) is 14.6. The number of hydrogen-bond donors (Lipinski definition) is 1. The van der Waals surface area contributed by atoms with Crippen molar-refractivity contribution in [2.75, 3.05) is 0 Å². The lowest BCUT2D eigenvalue weighted by molar-refractivity contribution is -0.384. The number of benzene rings is 1. The van der Waals surface area contributed by atoms with E-state index in [1.54, 1.807) is 6.07 Å². The molecule has 0 amide bonds. The zero-order valence-electron chi connectivity index (χ0n) is 10.7. The maximum Gasteiger partial charge on any atom is 0.270 e. The third-order valence-corrected chi connectivity index (χ3v) is 2.64. The van der Waals surface area contributed by atoms with Gasteiger partial charge in [0, 0.05) is 30.2 Å². The Balaban J connectivity index is 2.38. The molecule has 0 saturated heterocycles. The molecule has 0 saturated carbocycles. The van der Waals surface area contributed by atoms with Crippen LogP contribution >= 0.6 is 0 Å². The molecule has 0 fully saturated rings. The van der Waals surface area contributed by atoms with E-state index in [4.69, 9.17) is 10.3 Å². The average molecular weight is 262 g/mol. The van der Waals surface area contributed by atoms with Gasteiger partial charge in [-0.3, -0.25) is 10.1 Å². The Bertz CT molecular complexity index is 607. The largest absolute Gasteiger partial charge is 0.334 e. The Hall–Kier alpha value is -2.28. The van der Waals surface area contributed by atoms with E-state index >= 15 is 0 Å². The van der Waals surface area contributed by atoms with Gasteiger partial charge in [0.1, 0.15) is 0 Å². The summed E-state index contributed by atoms with van der Waals surface area (Å²) in [7, 11) is 0. The lowest BCUT2D eigenvalue weighted by Crippen LogP contribution is -2.18. The second kappa shape index (κ2) is 5.15. The number of rotatable bonds is 4. The number of nitrogens with two attached hydrogens (primary N) is 1. The molecule has 0 radical (unpaired) electrons. The highest BCUT2D eigenvalue weighted by Crippen LogP contribution is 2.26. The highest BCUT2D eigenvalue weighted by atomic mass is 16.6. The Morgan fingerprint density at radius 2 is 2.26 bits per heavy atom. The molecule has 2 aromatic rings. The van der Waals surface area contributed by atoms with Crippen molar-refractivity contribution in [3.05, 3.63) is 39.7 Å². The molecule has 1 aromatic heterocycles. The fourth-order valence-corrected chi connectivity index (χ4v) is 1.69. The molecule has 0 spiro atoms. The topological polar surface area (TPSA) is 108 Å². The standard InChI is InChI=1S/C12H14N4O3/c1-7-3-4-9(16(17)18)6-10(7)12-14-11(15-19-12)5-8(2)13/h3-4,6,8H,5,13H2,1-2H3. The van der Waals surface area contributed by atoms with Crippen LogP contribution in [0.3, 0.4) is 0 Å². The predicted molar refractivity (Wildman–Crippen MR) is 68.5 cm³/mol. The van der Waals surface area contributed by atoms with Crippen molar-refractivity contribution in [2.24, 2.45) is 5.73 Å². The molecule has 7 nitrogen and oxygen atoms in total. The molecule has 1 aromatic carbocycles. The first-order chi connectivity index (χ1) is 8.97. The van der Waals surface area contributed by atoms with E-state index in [1.165, 1.54) is 12.1 Å². The monoisotopic (exact) mass is 262 g/mol. The third kappa shape index (κ3) is 2.94. The zero-order chi connectivity index (χ0) is 14.0. The number of aryl methyl sites for hydroxylation is 1. The quantitative estimate of drug-likeness (QED) is 0.665. The Kier molecular flexibility index (Phi) is 3.57. The molecule has 0 aliphatic heterocycles. The number of non-ortho nitro benzene ring substituents is 1. The summed E-state index contributed by atoms with van der Waals surface area (Å²) in [6.45, 7) is 3.67. The minimum Gasteiger partial charge on any atom is -0.334 e. The fraction of sp³-hybridized carbons (Fsp3) is 0.333. The van der Waals surface area contributed by atoms with Gasteiger partial charge in [-0.2, -0.15) is 4.98 Å². The van der Waals surface area contributed by atoms with E-state index in [1.807, 2.05) is 13.8 Å². The van der Waals surface area contributed by atoms with Crippen LogP contribution in [0.15, 0.2) is 22.7 Å². The van der Waals surface area contributed by atoms with Crippen LogP contribution in [0, 0.1) is 17.0 Å². The SMILES string of the molecule is Cc1ccc([N+](=O)[O-])cc1-c1nc(CC(C)N)no1. The maximum atomic E-state index is 10.8. The van der Waals surface area contributed by atoms with Gasteiger partial charge in [0.15, 0.2) is 5.82 Å². The van der Waals surface area contributed by atoms with Crippen LogP contribution in [0.2, 0.25) is 0 Å². The first-order valence-electron chi connectivity index (χ1n) is 5.81. The fourth-order valence-electron chi connectivity index (χ4n) is 1.69. The summed E-state index contributed by atoms with van der Waals surface area (Å²) >= 11 is 0. The Labute approximate surface area is 109 Å². The number of hydrogen-bond acceptors (Lipinski definition) is 6. The Morgan fingerprint density at radius 3 is 2.89 bits per heavy atom. The third-order valence-electron chi connectivity index (χ3n) is 2.64. The van der Waals surface area contributed by atoms with E-state index in [9.17, 15) is 10.1 Å². The van der Waals surface area contributed by atoms with Gasteiger partial charge in [0.2, 0.25) is 0 Å². The van der Waals surface area contributed by atoms with E-state index in [-0.39, 0.29) is 17.6 Å². The van der Waals surface area contributed by atoms with Crippen LogP contribution in [0.1, 0.15) is 18.3 Å². The zero-order valence-corrected chi connectivity index (χ0v) is 10.7. The first kappa shape index (κ1) is 13.2. The van der Waals surface area contributed by atoms with Crippen molar-refractivity contribution in [1.29, 1.82) is 0 Å². The summed E-state index contributed by atoms with van der Waals surface area (Å²) in [5.74, 6) is 0.771. The number of aromatic nitrogens is 2. The van der Waals surface area contributed by atoms with E-state index in [0.717, 1.165) is 5.56 Å². The molecule has 0 aliphatic rings. The molecular weight excluding hydrogens is 248 g/mol. The predicted octanol–water partition coefficient (Wildman–Crippen LogP) is 1.84. The molecule has 2 N–H and O–H groups in total. The van der Waals surface area contributed by atoms with Crippen LogP contribution in [0.5, 0.6) is 0 Å². The van der Waals surface area contributed by atoms with Crippen molar-refractivity contribution in [1.82, 2.24) is 10.1 Å². The van der Waals surface area contributed by atoms with E-state index < -0.39 is 4.92 Å². The van der Waals surface area contributed by atoms with Crippen molar-refractivity contribution in [3.8, 4) is 11.5 Å². The van der Waals surface area contributed by atoms with Crippen LogP contribution in [-0.2, 0) is 6.42 Å². The van der Waals surface area contributed by atoms with Gasteiger partial charge in [0.25, 0.3) is 11.6 Å². The molecule has 7 heteroatoms. The van der Waals surface area contributed by atoms with Crippen LogP contribution < -0.4 is 5.73 Å². The molecule has 100 valence electrons. The molecule has 2 rings (SSSR count). The average Bonchev–Trinajstić information content (AvgIpc) is 2.76. The van der Waals surface area contributed by atoms with E-state index in [0.29, 0.717) is 17.8 Å². The van der Waals surface area contributed by atoms with Gasteiger partial charge < -0.3 is 10.3 Å². The number of nitrogens with zero attached hydrogens (tertiary/aromatic N) is 3. The highest BCUT2D eigenvalue weighted by molar-refractivity contribution is 5.62. The highest BCUT2D eigenvalue weighted by Gasteiger charge is 2.16. The smallest absolute Gasteiger partial charge is 0.270 e. The molecule has 1 unspecified atom stereocenters. The normalized spacial score (nSPS) is 12.4. The summed E-state index contributed by atoms with van der Waals surface area (Å²) in [6.07, 6.45) is 0.497. The summed E-state index contributed by atoms with van der Waals surface area (Å²) < 4.78 is 5.13. The minimum atomic E-state index is -0.456. The van der Waals surface area contributed by atoms with Gasteiger partial charge in [-0.25, -0.2) is 0 Å².